The molecule has 0 radical (unpaired) electrons. The Labute approximate surface area is 390 Å². The van der Waals surface area contributed by atoms with E-state index in [-0.39, 0.29) is 24.9 Å². The van der Waals surface area contributed by atoms with Crippen LogP contribution >= 0.6 is 0 Å². The molecule has 63 heavy (non-hydrogen) atoms. The van der Waals surface area contributed by atoms with Crippen molar-refractivity contribution in [3.63, 3.8) is 0 Å². The van der Waals surface area contributed by atoms with Gasteiger partial charge in [0.2, 0.25) is 5.91 Å². The molecule has 0 bridgehead atoms. The lowest BCUT2D eigenvalue weighted by molar-refractivity contribution is -0.151. The van der Waals surface area contributed by atoms with Gasteiger partial charge in [0.1, 0.15) is 6.10 Å². The molecule has 0 aromatic rings. The lowest BCUT2D eigenvalue weighted by Gasteiger charge is -2.24. The van der Waals surface area contributed by atoms with E-state index in [0.717, 1.165) is 57.8 Å². The number of aliphatic hydroxyl groups excluding tert-OH is 2. The fraction of sp³-hybridized carbons (Fsp3) is 0.789. The average Bonchev–Trinajstić information content (AvgIpc) is 3.28. The number of amides is 1. The molecular weight excluding hydrogens is 779 g/mol. The van der Waals surface area contributed by atoms with Gasteiger partial charge in [0, 0.05) is 6.42 Å². The SMILES string of the molecule is CC/C=C/C=C/C=C\C=C/C=C/CCCC(CC(=O)NC(CO)C(O)CCCCCCCCCCCCCCC)OC(=O)CCCCCCCCCCCCCCCCCCCC. The van der Waals surface area contributed by atoms with Crippen LogP contribution in [0, 0.1) is 0 Å². The normalized spacial score (nSPS) is 13.7. The Hall–Kier alpha value is -2.44. The van der Waals surface area contributed by atoms with Gasteiger partial charge in [0.25, 0.3) is 0 Å². The van der Waals surface area contributed by atoms with Crippen molar-refractivity contribution in [1.29, 1.82) is 0 Å². The predicted octanol–water partition coefficient (Wildman–Crippen LogP) is 16.4. The summed E-state index contributed by atoms with van der Waals surface area (Å²) in [6.07, 6.45) is 62.9. The summed E-state index contributed by atoms with van der Waals surface area (Å²) >= 11 is 0. The molecule has 6 nitrogen and oxygen atoms in total. The maximum atomic E-state index is 13.2. The molecule has 0 aromatic carbocycles. The first kappa shape index (κ1) is 60.6. The van der Waals surface area contributed by atoms with Crippen molar-refractivity contribution in [3.05, 3.63) is 60.8 Å². The molecule has 3 atom stereocenters. The standard InChI is InChI=1S/C57H103NO5/c1-4-7-10-13-16-19-22-25-26-27-28-29-32-35-38-41-44-47-50-57(62)63-53(48-45-42-39-36-33-30-23-20-17-14-11-8-5-2)51-56(61)58-54(52-59)55(60)49-46-43-40-37-34-31-24-21-18-15-12-9-6-3/h8,11,14,17,20,23,30,33,36,39,53-55,59-60H,4-7,9-10,12-13,15-16,18-19,21-22,24-29,31-32,34-35,37-38,40-52H2,1-3H3,(H,58,61)/b11-8+,17-14+,23-20-,33-30-,39-36+. The van der Waals surface area contributed by atoms with E-state index < -0.39 is 18.2 Å². The molecule has 0 aromatic heterocycles. The van der Waals surface area contributed by atoms with Crippen LogP contribution in [-0.2, 0) is 14.3 Å². The van der Waals surface area contributed by atoms with Gasteiger partial charge in [-0.1, -0.05) is 274 Å². The average molecular weight is 882 g/mol. The highest BCUT2D eigenvalue weighted by Crippen LogP contribution is 2.18. The van der Waals surface area contributed by atoms with E-state index in [9.17, 15) is 19.8 Å². The molecule has 0 aliphatic carbocycles. The van der Waals surface area contributed by atoms with E-state index in [1.807, 2.05) is 48.6 Å². The zero-order chi connectivity index (χ0) is 45.9. The van der Waals surface area contributed by atoms with Crippen LogP contribution in [0.4, 0.5) is 0 Å². The van der Waals surface area contributed by atoms with E-state index >= 15 is 0 Å². The maximum absolute atomic E-state index is 13.2. The lowest BCUT2D eigenvalue weighted by Crippen LogP contribution is -2.46. The largest absolute Gasteiger partial charge is 0.462 e. The van der Waals surface area contributed by atoms with Crippen LogP contribution in [0.1, 0.15) is 265 Å². The number of unbranched alkanes of at least 4 members (excludes halogenated alkanes) is 30. The van der Waals surface area contributed by atoms with Crippen molar-refractivity contribution in [1.82, 2.24) is 5.32 Å². The molecule has 1 amide bonds. The number of hydrogen-bond acceptors (Lipinski definition) is 5. The van der Waals surface area contributed by atoms with Crippen molar-refractivity contribution in [2.75, 3.05) is 6.61 Å². The molecule has 0 rings (SSSR count). The zero-order valence-electron chi connectivity index (χ0n) is 41.7. The van der Waals surface area contributed by atoms with Gasteiger partial charge in [-0.05, 0) is 38.5 Å². The molecule has 0 saturated heterocycles. The Morgan fingerprint density at radius 1 is 0.476 bits per heavy atom. The Morgan fingerprint density at radius 2 is 0.857 bits per heavy atom. The number of aliphatic hydroxyl groups is 2. The second-order valence-electron chi connectivity index (χ2n) is 18.4. The Kier molecular flexibility index (Phi) is 48.6. The Bertz CT molecular complexity index is 1130. The Morgan fingerprint density at radius 3 is 1.27 bits per heavy atom. The molecular formula is C57H103NO5. The van der Waals surface area contributed by atoms with E-state index in [0.29, 0.717) is 19.3 Å². The molecule has 0 saturated carbocycles. The number of nitrogens with one attached hydrogen (secondary N) is 1. The van der Waals surface area contributed by atoms with Crippen molar-refractivity contribution < 1.29 is 24.5 Å². The van der Waals surface area contributed by atoms with E-state index in [2.05, 4.69) is 38.2 Å². The number of carbonyl (C=O) groups is 2. The molecule has 0 heterocycles. The zero-order valence-corrected chi connectivity index (χ0v) is 41.7. The van der Waals surface area contributed by atoms with Gasteiger partial charge in [-0.15, -0.1) is 0 Å². The number of allylic oxidation sites excluding steroid dienone is 10. The van der Waals surface area contributed by atoms with Crippen LogP contribution in [0.3, 0.4) is 0 Å². The highest BCUT2D eigenvalue weighted by Gasteiger charge is 2.24. The van der Waals surface area contributed by atoms with Gasteiger partial charge in [-0.3, -0.25) is 9.59 Å². The van der Waals surface area contributed by atoms with Gasteiger partial charge in [0.05, 0.1) is 25.2 Å². The minimum Gasteiger partial charge on any atom is -0.462 e. The first-order chi connectivity index (χ1) is 31.0. The summed E-state index contributed by atoms with van der Waals surface area (Å²) in [7, 11) is 0. The summed E-state index contributed by atoms with van der Waals surface area (Å²) in [5.41, 5.74) is 0. The molecule has 6 heteroatoms. The second-order valence-corrected chi connectivity index (χ2v) is 18.4. The lowest BCUT2D eigenvalue weighted by atomic mass is 10.0. The highest BCUT2D eigenvalue weighted by atomic mass is 16.5. The number of rotatable bonds is 48. The van der Waals surface area contributed by atoms with E-state index in [4.69, 9.17) is 4.74 Å². The quantitative estimate of drug-likeness (QED) is 0.0321. The number of hydrogen-bond donors (Lipinski definition) is 3. The minimum atomic E-state index is -0.806. The molecule has 3 unspecified atom stereocenters. The van der Waals surface area contributed by atoms with Crippen LogP contribution in [0.25, 0.3) is 0 Å². The monoisotopic (exact) mass is 882 g/mol. The smallest absolute Gasteiger partial charge is 0.306 e. The maximum Gasteiger partial charge on any atom is 0.306 e. The molecule has 0 spiro atoms. The summed E-state index contributed by atoms with van der Waals surface area (Å²) in [5.74, 6) is -0.538. The third kappa shape index (κ3) is 45.9. The molecule has 0 fully saturated rings. The molecule has 366 valence electrons. The summed E-state index contributed by atoms with van der Waals surface area (Å²) in [5, 5.41) is 23.8. The summed E-state index contributed by atoms with van der Waals surface area (Å²) in [6, 6.07) is -0.724. The van der Waals surface area contributed by atoms with Gasteiger partial charge >= 0.3 is 5.97 Å². The van der Waals surface area contributed by atoms with E-state index in [1.54, 1.807) is 0 Å². The topological polar surface area (TPSA) is 95.9 Å². The van der Waals surface area contributed by atoms with Gasteiger partial charge in [0.15, 0.2) is 0 Å². The van der Waals surface area contributed by atoms with Gasteiger partial charge < -0.3 is 20.3 Å². The molecule has 0 aliphatic heterocycles. The minimum absolute atomic E-state index is 0.0300. The summed E-state index contributed by atoms with van der Waals surface area (Å²) in [6.45, 7) is 6.34. The van der Waals surface area contributed by atoms with E-state index in [1.165, 1.54) is 161 Å². The summed E-state index contributed by atoms with van der Waals surface area (Å²) in [4.78, 5) is 26.2. The third-order valence-electron chi connectivity index (χ3n) is 12.2. The van der Waals surface area contributed by atoms with Crippen LogP contribution < -0.4 is 5.32 Å². The van der Waals surface area contributed by atoms with Crippen molar-refractivity contribution >= 4 is 11.9 Å². The van der Waals surface area contributed by atoms with Crippen LogP contribution in [0.2, 0.25) is 0 Å². The van der Waals surface area contributed by atoms with Crippen molar-refractivity contribution in [2.45, 2.75) is 283 Å². The molecule has 3 N–H and O–H groups in total. The summed E-state index contributed by atoms with van der Waals surface area (Å²) < 4.78 is 5.91. The van der Waals surface area contributed by atoms with Crippen LogP contribution in [-0.4, -0.2) is 46.9 Å². The molecule has 0 aliphatic rings. The van der Waals surface area contributed by atoms with Crippen molar-refractivity contribution in [2.24, 2.45) is 0 Å². The second kappa shape index (κ2) is 50.6. The van der Waals surface area contributed by atoms with Crippen molar-refractivity contribution in [3.8, 4) is 0 Å². The fourth-order valence-electron chi connectivity index (χ4n) is 8.16. The van der Waals surface area contributed by atoms with Crippen LogP contribution in [0.5, 0.6) is 0 Å². The first-order valence-corrected chi connectivity index (χ1v) is 27.1. The number of esters is 1. The van der Waals surface area contributed by atoms with Gasteiger partial charge in [-0.2, -0.15) is 0 Å². The fourth-order valence-corrected chi connectivity index (χ4v) is 8.16. The first-order valence-electron chi connectivity index (χ1n) is 27.1. The third-order valence-corrected chi connectivity index (χ3v) is 12.2. The highest BCUT2D eigenvalue weighted by molar-refractivity contribution is 5.77. The number of carbonyl (C=O) groups excluding carboxylic acids is 2. The van der Waals surface area contributed by atoms with Gasteiger partial charge in [-0.25, -0.2) is 0 Å². The van der Waals surface area contributed by atoms with Crippen LogP contribution in [0.15, 0.2) is 60.8 Å². The predicted molar refractivity (Wildman–Crippen MR) is 273 cm³/mol. The number of ether oxygens (including phenoxy) is 1. The Balaban J connectivity index is 4.59.